The molecule has 1 amide bonds. The lowest BCUT2D eigenvalue weighted by molar-refractivity contribution is -0.121. The highest BCUT2D eigenvalue weighted by atomic mass is 16.1. The maximum Gasteiger partial charge on any atom is 0.224 e. The monoisotopic (exact) mass is 231 g/mol. The third-order valence-corrected chi connectivity index (χ3v) is 3.42. The Bertz CT molecular complexity index is 380. The number of hydrogen-bond donors (Lipinski definition) is 1. The maximum atomic E-state index is 11.9. The fourth-order valence-electron chi connectivity index (χ4n) is 2.53. The van der Waals surface area contributed by atoms with E-state index >= 15 is 0 Å². The second-order valence-corrected chi connectivity index (χ2v) is 5.07. The molecule has 1 fully saturated rings. The summed E-state index contributed by atoms with van der Waals surface area (Å²) >= 11 is 0. The lowest BCUT2D eigenvalue weighted by atomic mass is 9.95. The van der Waals surface area contributed by atoms with Crippen molar-refractivity contribution < 1.29 is 4.79 Å². The Morgan fingerprint density at radius 2 is 2.06 bits per heavy atom. The molecule has 1 saturated carbocycles. The molecule has 0 radical (unpaired) electrons. The van der Waals surface area contributed by atoms with Gasteiger partial charge in [0.15, 0.2) is 0 Å². The minimum atomic E-state index is 0.169. The van der Waals surface area contributed by atoms with Crippen molar-refractivity contribution in [3.05, 3.63) is 35.4 Å². The van der Waals surface area contributed by atoms with E-state index in [1.165, 1.54) is 24.8 Å². The highest BCUT2D eigenvalue weighted by Gasteiger charge is 2.15. The summed E-state index contributed by atoms with van der Waals surface area (Å²) in [6.45, 7) is 2.06. The van der Waals surface area contributed by atoms with Gasteiger partial charge in [-0.05, 0) is 25.3 Å². The number of rotatable bonds is 3. The van der Waals surface area contributed by atoms with Crippen molar-refractivity contribution in [2.75, 3.05) is 0 Å². The molecule has 2 nitrogen and oxygen atoms in total. The van der Waals surface area contributed by atoms with Crippen molar-refractivity contribution in [1.29, 1.82) is 0 Å². The van der Waals surface area contributed by atoms with Gasteiger partial charge in [-0.15, -0.1) is 0 Å². The Morgan fingerprint density at radius 3 is 2.76 bits per heavy atom. The fourth-order valence-corrected chi connectivity index (χ4v) is 2.53. The van der Waals surface area contributed by atoms with Gasteiger partial charge in [0.05, 0.1) is 6.42 Å². The third-order valence-electron chi connectivity index (χ3n) is 3.42. The summed E-state index contributed by atoms with van der Waals surface area (Å²) in [6, 6.07) is 8.59. The molecule has 0 heterocycles. The summed E-state index contributed by atoms with van der Waals surface area (Å²) in [6.07, 6.45) is 6.66. The standard InChI is InChI=1S/C15H21NO/c1-12-6-5-7-13(10-12)11-15(17)16-14-8-3-2-4-9-14/h5-7,10,14H,2-4,8-9,11H2,1H3,(H,16,17). The molecule has 17 heavy (non-hydrogen) atoms. The first-order valence-electron chi connectivity index (χ1n) is 6.59. The van der Waals surface area contributed by atoms with Crippen molar-refractivity contribution in [2.24, 2.45) is 0 Å². The van der Waals surface area contributed by atoms with Crippen LogP contribution in [0.25, 0.3) is 0 Å². The van der Waals surface area contributed by atoms with Crippen molar-refractivity contribution >= 4 is 5.91 Å². The van der Waals surface area contributed by atoms with E-state index in [0.717, 1.165) is 18.4 Å². The van der Waals surface area contributed by atoms with Gasteiger partial charge in [0.25, 0.3) is 0 Å². The highest BCUT2D eigenvalue weighted by molar-refractivity contribution is 5.78. The van der Waals surface area contributed by atoms with Crippen LogP contribution < -0.4 is 5.32 Å². The fraction of sp³-hybridized carbons (Fsp3) is 0.533. The molecule has 1 aliphatic carbocycles. The Kier molecular flexibility index (Phi) is 4.18. The lowest BCUT2D eigenvalue weighted by Crippen LogP contribution is -2.37. The molecule has 1 aromatic carbocycles. The quantitative estimate of drug-likeness (QED) is 0.851. The topological polar surface area (TPSA) is 29.1 Å². The van der Waals surface area contributed by atoms with Crippen LogP contribution in [-0.4, -0.2) is 11.9 Å². The highest BCUT2D eigenvalue weighted by Crippen LogP contribution is 2.17. The molecule has 0 atom stereocenters. The van der Waals surface area contributed by atoms with Crippen molar-refractivity contribution in [3.63, 3.8) is 0 Å². The van der Waals surface area contributed by atoms with Crippen molar-refractivity contribution in [1.82, 2.24) is 5.32 Å². The number of carbonyl (C=O) groups is 1. The molecule has 2 rings (SSSR count). The molecule has 1 aliphatic rings. The van der Waals surface area contributed by atoms with E-state index in [2.05, 4.69) is 24.4 Å². The smallest absolute Gasteiger partial charge is 0.224 e. The van der Waals surface area contributed by atoms with E-state index in [-0.39, 0.29) is 5.91 Å². The van der Waals surface area contributed by atoms with Crippen LogP contribution in [0.3, 0.4) is 0 Å². The lowest BCUT2D eigenvalue weighted by Gasteiger charge is -2.22. The maximum absolute atomic E-state index is 11.9. The van der Waals surface area contributed by atoms with E-state index in [9.17, 15) is 4.79 Å². The summed E-state index contributed by atoms with van der Waals surface area (Å²) in [5, 5.41) is 3.15. The Balaban J connectivity index is 1.84. The molecule has 92 valence electrons. The Hall–Kier alpha value is -1.31. The molecule has 0 aromatic heterocycles. The van der Waals surface area contributed by atoms with E-state index in [4.69, 9.17) is 0 Å². The summed E-state index contributed by atoms with van der Waals surface area (Å²) < 4.78 is 0. The average molecular weight is 231 g/mol. The molecule has 1 N–H and O–H groups in total. The number of benzene rings is 1. The van der Waals surface area contributed by atoms with Crippen LogP contribution in [0.4, 0.5) is 0 Å². The van der Waals surface area contributed by atoms with E-state index in [1.54, 1.807) is 0 Å². The van der Waals surface area contributed by atoms with Gasteiger partial charge < -0.3 is 5.32 Å². The van der Waals surface area contributed by atoms with Gasteiger partial charge >= 0.3 is 0 Å². The predicted molar refractivity (Wildman–Crippen MR) is 69.9 cm³/mol. The second kappa shape index (κ2) is 5.85. The Labute approximate surface area is 103 Å². The summed E-state index contributed by atoms with van der Waals surface area (Å²) in [4.78, 5) is 11.9. The summed E-state index contributed by atoms with van der Waals surface area (Å²) in [7, 11) is 0. The normalized spacial score (nSPS) is 16.8. The molecule has 0 unspecified atom stereocenters. The largest absolute Gasteiger partial charge is 0.353 e. The molecule has 2 heteroatoms. The number of aryl methyl sites for hydroxylation is 1. The third kappa shape index (κ3) is 3.88. The molecule has 0 aliphatic heterocycles. The molecule has 1 aromatic rings. The minimum Gasteiger partial charge on any atom is -0.353 e. The first-order chi connectivity index (χ1) is 8.24. The zero-order chi connectivity index (χ0) is 12.1. The van der Waals surface area contributed by atoms with Crippen LogP contribution in [0.5, 0.6) is 0 Å². The Morgan fingerprint density at radius 1 is 1.29 bits per heavy atom. The second-order valence-electron chi connectivity index (χ2n) is 5.07. The molecule has 0 saturated heterocycles. The SMILES string of the molecule is Cc1cccc(CC(=O)NC2CCCCC2)c1. The van der Waals surface area contributed by atoms with Crippen molar-refractivity contribution in [3.8, 4) is 0 Å². The van der Waals surface area contributed by atoms with Crippen LogP contribution in [0.1, 0.15) is 43.2 Å². The van der Waals surface area contributed by atoms with Crippen molar-refractivity contribution in [2.45, 2.75) is 51.5 Å². The number of amides is 1. The van der Waals surface area contributed by atoms with Crippen LogP contribution in [0.15, 0.2) is 24.3 Å². The van der Waals surface area contributed by atoms with Gasteiger partial charge in [-0.25, -0.2) is 0 Å². The van der Waals surface area contributed by atoms with Gasteiger partial charge in [0.2, 0.25) is 5.91 Å². The van der Waals surface area contributed by atoms with Gasteiger partial charge in [-0.1, -0.05) is 49.1 Å². The number of nitrogens with one attached hydrogen (secondary N) is 1. The van der Waals surface area contributed by atoms with Crippen LogP contribution in [-0.2, 0) is 11.2 Å². The molecular weight excluding hydrogens is 210 g/mol. The minimum absolute atomic E-state index is 0.169. The number of carbonyl (C=O) groups excluding carboxylic acids is 1. The molecule has 0 spiro atoms. The van der Waals surface area contributed by atoms with Gasteiger partial charge in [-0.2, -0.15) is 0 Å². The predicted octanol–water partition coefficient (Wildman–Crippen LogP) is 2.99. The van der Waals surface area contributed by atoms with Gasteiger partial charge in [-0.3, -0.25) is 4.79 Å². The van der Waals surface area contributed by atoms with E-state index in [1.807, 2.05) is 12.1 Å². The molecule has 0 bridgehead atoms. The zero-order valence-electron chi connectivity index (χ0n) is 10.5. The van der Waals surface area contributed by atoms with Crippen LogP contribution >= 0.6 is 0 Å². The van der Waals surface area contributed by atoms with E-state index < -0.39 is 0 Å². The van der Waals surface area contributed by atoms with Gasteiger partial charge in [0, 0.05) is 6.04 Å². The van der Waals surface area contributed by atoms with E-state index in [0.29, 0.717) is 12.5 Å². The summed E-state index contributed by atoms with van der Waals surface area (Å²) in [5.74, 6) is 0.169. The van der Waals surface area contributed by atoms with Gasteiger partial charge in [0.1, 0.15) is 0 Å². The molecular formula is C15H21NO. The average Bonchev–Trinajstić information content (AvgIpc) is 2.30. The first-order valence-corrected chi connectivity index (χ1v) is 6.59. The van der Waals surface area contributed by atoms with Crippen LogP contribution in [0, 0.1) is 6.92 Å². The number of hydrogen-bond acceptors (Lipinski definition) is 1. The summed E-state index contributed by atoms with van der Waals surface area (Å²) in [5.41, 5.74) is 2.33. The zero-order valence-corrected chi connectivity index (χ0v) is 10.5. The first kappa shape index (κ1) is 12.2. The van der Waals surface area contributed by atoms with Crippen LogP contribution in [0.2, 0.25) is 0 Å².